The van der Waals surface area contributed by atoms with Gasteiger partial charge in [0.25, 0.3) is 0 Å². The summed E-state index contributed by atoms with van der Waals surface area (Å²) in [7, 11) is 0. The number of rotatable bonds is 3. The van der Waals surface area contributed by atoms with E-state index in [1.165, 1.54) is 0 Å². The summed E-state index contributed by atoms with van der Waals surface area (Å²) in [4.78, 5) is 25.2. The number of ketones is 1. The van der Waals surface area contributed by atoms with E-state index in [-0.39, 0.29) is 29.0 Å². The molecule has 4 nitrogen and oxygen atoms in total. The summed E-state index contributed by atoms with van der Waals surface area (Å²) < 4.78 is 11.8. The highest BCUT2D eigenvalue weighted by atomic mass is 16.5. The van der Waals surface area contributed by atoms with Crippen LogP contribution in [0, 0.1) is 30.1 Å². The van der Waals surface area contributed by atoms with Crippen LogP contribution in [0.15, 0.2) is 10.7 Å². The molecule has 1 fully saturated rings. The van der Waals surface area contributed by atoms with Crippen LogP contribution in [0.5, 0.6) is 0 Å². The number of carbonyl (C=O) groups excluding carboxylic acids is 2. The first-order valence-corrected chi connectivity index (χ1v) is 9.10. The number of carbonyl (C=O) groups is 2. The molecule has 1 aromatic rings. The van der Waals surface area contributed by atoms with E-state index in [1.807, 2.05) is 20.8 Å². The molecular formula is C20H28O4. The van der Waals surface area contributed by atoms with Crippen LogP contribution >= 0.6 is 0 Å². The smallest absolute Gasteiger partial charge is 0.309 e. The molecule has 5 atom stereocenters. The first-order chi connectivity index (χ1) is 11.3. The number of hydrogen-bond acceptors (Lipinski definition) is 4. The quantitative estimate of drug-likeness (QED) is 0.770. The van der Waals surface area contributed by atoms with Crippen molar-refractivity contribution in [3.05, 3.63) is 23.2 Å². The van der Waals surface area contributed by atoms with Gasteiger partial charge >= 0.3 is 5.97 Å². The summed E-state index contributed by atoms with van der Waals surface area (Å²) in [5.74, 6) is 0.964. The lowest BCUT2D eigenvalue weighted by Gasteiger charge is -2.51. The lowest BCUT2D eigenvalue weighted by atomic mass is 9.53. The molecule has 1 heterocycles. The first-order valence-electron chi connectivity index (χ1n) is 9.10. The fraction of sp³-hybridized carbons (Fsp3) is 0.700. The standard InChI is InChI=1S/C20H28O4/c1-6-11(2)19(22)24-18-17-12(3)10-23-16(17)9-14-15(21)8-7-13(4)20(14,18)5/h10-11,13-14,18H,6-9H2,1-5H3/t11-,13+,14-,18-,20-/m1/s1. The van der Waals surface area contributed by atoms with Gasteiger partial charge in [0.05, 0.1) is 12.2 Å². The van der Waals surface area contributed by atoms with E-state index < -0.39 is 6.10 Å². The number of fused-ring (bicyclic) bond motifs is 2. The average molecular weight is 332 g/mol. The molecule has 0 spiro atoms. The summed E-state index contributed by atoms with van der Waals surface area (Å²) in [5, 5.41) is 0. The van der Waals surface area contributed by atoms with Gasteiger partial charge in [0.2, 0.25) is 0 Å². The van der Waals surface area contributed by atoms with Crippen LogP contribution in [0.4, 0.5) is 0 Å². The van der Waals surface area contributed by atoms with Crippen LogP contribution in [0.25, 0.3) is 0 Å². The molecule has 0 bridgehead atoms. The van der Waals surface area contributed by atoms with Crippen molar-refractivity contribution in [2.24, 2.45) is 23.2 Å². The zero-order valence-electron chi connectivity index (χ0n) is 15.3. The Morgan fingerprint density at radius 1 is 1.50 bits per heavy atom. The summed E-state index contributed by atoms with van der Waals surface area (Å²) >= 11 is 0. The van der Waals surface area contributed by atoms with Gasteiger partial charge in [-0.25, -0.2) is 0 Å². The van der Waals surface area contributed by atoms with Gasteiger partial charge in [-0.3, -0.25) is 9.59 Å². The maximum absolute atomic E-state index is 12.6. The predicted molar refractivity (Wildman–Crippen MR) is 90.4 cm³/mol. The SMILES string of the molecule is CC[C@@H](C)C(=O)O[C@@H]1c2c(C)coc2C[C@@H]2C(=O)CC[C@H](C)[C@]21C. The minimum Gasteiger partial charge on any atom is -0.469 e. The number of esters is 1. The Hall–Kier alpha value is -1.58. The van der Waals surface area contributed by atoms with Gasteiger partial charge in [0, 0.05) is 29.7 Å². The van der Waals surface area contributed by atoms with E-state index in [9.17, 15) is 9.59 Å². The maximum atomic E-state index is 12.6. The molecule has 0 N–H and O–H groups in total. The Balaban J connectivity index is 2.08. The van der Waals surface area contributed by atoms with Crippen molar-refractivity contribution in [3.8, 4) is 0 Å². The summed E-state index contributed by atoms with van der Waals surface area (Å²) in [5.41, 5.74) is 1.64. The van der Waals surface area contributed by atoms with E-state index in [0.717, 1.165) is 29.7 Å². The number of furan rings is 1. The van der Waals surface area contributed by atoms with Crippen molar-refractivity contribution in [2.75, 3.05) is 0 Å². The molecule has 1 aromatic heterocycles. The number of Topliss-reactive ketones (excluding diaryl/α,β-unsaturated/α-hetero) is 1. The first kappa shape index (κ1) is 17.2. The third-order valence-corrected chi connectivity index (χ3v) is 6.59. The molecule has 4 heteroatoms. The Morgan fingerprint density at radius 2 is 2.21 bits per heavy atom. The van der Waals surface area contributed by atoms with Crippen LogP contribution in [0.3, 0.4) is 0 Å². The third-order valence-electron chi connectivity index (χ3n) is 6.59. The molecule has 0 radical (unpaired) electrons. The molecule has 0 aliphatic heterocycles. The highest BCUT2D eigenvalue weighted by Crippen LogP contribution is 2.58. The van der Waals surface area contributed by atoms with E-state index in [1.54, 1.807) is 6.26 Å². The van der Waals surface area contributed by atoms with Gasteiger partial charge in [0.15, 0.2) is 0 Å². The molecule has 0 unspecified atom stereocenters. The van der Waals surface area contributed by atoms with E-state index in [2.05, 4.69) is 13.8 Å². The molecule has 2 aliphatic carbocycles. The van der Waals surface area contributed by atoms with Crippen LogP contribution in [-0.4, -0.2) is 11.8 Å². The van der Waals surface area contributed by atoms with Crippen molar-refractivity contribution in [3.63, 3.8) is 0 Å². The van der Waals surface area contributed by atoms with Gasteiger partial charge in [-0.1, -0.05) is 27.7 Å². The zero-order valence-corrected chi connectivity index (χ0v) is 15.3. The minimum absolute atomic E-state index is 0.131. The highest BCUT2D eigenvalue weighted by Gasteiger charge is 2.57. The molecule has 2 aliphatic rings. The largest absolute Gasteiger partial charge is 0.469 e. The van der Waals surface area contributed by atoms with Gasteiger partial charge in [-0.05, 0) is 31.2 Å². The van der Waals surface area contributed by atoms with Crippen molar-refractivity contribution < 1.29 is 18.7 Å². The molecule has 0 aromatic carbocycles. The zero-order chi connectivity index (χ0) is 17.6. The van der Waals surface area contributed by atoms with E-state index >= 15 is 0 Å². The van der Waals surface area contributed by atoms with Gasteiger partial charge < -0.3 is 9.15 Å². The lowest BCUT2D eigenvalue weighted by Crippen LogP contribution is -2.51. The van der Waals surface area contributed by atoms with Crippen molar-refractivity contribution in [2.45, 2.75) is 66.4 Å². The second-order valence-corrected chi connectivity index (χ2v) is 7.91. The summed E-state index contributed by atoms with van der Waals surface area (Å²) in [6.07, 6.45) is 4.17. The third kappa shape index (κ3) is 2.42. The van der Waals surface area contributed by atoms with E-state index in [0.29, 0.717) is 18.8 Å². The fourth-order valence-corrected chi connectivity index (χ4v) is 4.41. The monoisotopic (exact) mass is 332 g/mol. The average Bonchev–Trinajstić information content (AvgIpc) is 2.93. The molecule has 24 heavy (non-hydrogen) atoms. The Bertz CT molecular complexity index is 659. The molecule has 1 saturated carbocycles. The Morgan fingerprint density at radius 3 is 2.88 bits per heavy atom. The van der Waals surface area contributed by atoms with Gasteiger partial charge in [-0.2, -0.15) is 0 Å². The van der Waals surface area contributed by atoms with Crippen molar-refractivity contribution >= 4 is 11.8 Å². The maximum Gasteiger partial charge on any atom is 0.309 e. The molecular weight excluding hydrogens is 304 g/mol. The Kier molecular flexibility index (Phi) is 4.35. The van der Waals surface area contributed by atoms with E-state index in [4.69, 9.17) is 9.15 Å². The summed E-state index contributed by atoms with van der Waals surface area (Å²) in [6, 6.07) is 0. The van der Waals surface area contributed by atoms with Crippen LogP contribution in [0.1, 0.15) is 69.9 Å². The molecule has 132 valence electrons. The Labute approximate surface area is 143 Å². The van der Waals surface area contributed by atoms with Crippen LogP contribution < -0.4 is 0 Å². The molecule has 0 saturated heterocycles. The number of hydrogen-bond donors (Lipinski definition) is 0. The second-order valence-electron chi connectivity index (χ2n) is 7.91. The fourth-order valence-electron chi connectivity index (χ4n) is 4.41. The molecule has 3 rings (SSSR count). The second kappa shape index (κ2) is 6.05. The summed E-state index contributed by atoms with van der Waals surface area (Å²) in [6.45, 7) is 10.2. The van der Waals surface area contributed by atoms with Crippen LogP contribution in [-0.2, 0) is 20.7 Å². The van der Waals surface area contributed by atoms with Crippen molar-refractivity contribution in [1.29, 1.82) is 0 Å². The normalized spacial score (nSPS) is 33.5. The molecule has 0 amide bonds. The van der Waals surface area contributed by atoms with Crippen molar-refractivity contribution in [1.82, 2.24) is 0 Å². The predicted octanol–water partition coefficient (Wildman–Crippen LogP) is 4.40. The lowest BCUT2D eigenvalue weighted by molar-refractivity contribution is -0.176. The number of aryl methyl sites for hydroxylation is 1. The minimum atomic E-state index is -0.397. The van der Waals surface area contributed by atoms with Gasteiger partial charge in [-0.15, -0.1) is 0 Å². The number of ether oxygens (including phenoxy) is 1. The topological polar surface area (TPSA) is 56.5 Å². The van der Waals surface area contributed by atoms with Gasteiger partial charge in [0.1, 0.15) is 17.6 Å². The highest BCUT2D eigenvalue weighted by molar-refractivity contribution is 5.84. The van der Waals surface area contributed by atoms with Crippen LogP contribution in [0.2, 0.25) is 0 Å².